The Hall–Kier alpha value is -4.78. The molecule has 176 valence electrons. The molecule has 0 spiro atoms. The molecular weight excluding hydrogens is 442 g/mol. The number of nitrogens with two attached hydrogens (primary N) is 1. The molecule has 35 heavy (non-hydrogen) atoms. The molecule has 2 amide bonds. The average molecular weight is 468 g/mol. The highest BCUT2D eigenvalue weighted by Gasteiger charge is 2.19. The van der Waals surface area contributed by atoms with Crippen LogP contribution in [0.5, 0.6) is 5.75 Å². The van der Waals surface area contributed by atoms with Crippen LogP contribution in [0.1, 0.15) is 18.1 Å². The first-order valence-corrected chi connectivity index (χ1v) is 11.1. The summed E-state index contributed by atoms with van der Waals surface area (Å²) < 4.78 is 5.77. The molecule has 0 bridgehead atoms. The number of phenolic OH excluding ortho intramolecular Hbond substituents is 1. The number of nitrogens with one attached hydrogen (secondary N) is 2. The number of aromatic hydroxyl groups is 1. The van der Waals surface area contributed by atoms with Crippen molar-refractivity contribution in [3.63, 3.8) is 0 Å². The van der Waals surface area contributed by atoms with Gasteiger partial charge in [-0.2, -0.15) is 0 Å². The number of amides is 2. The number of nitrogen functional groups attached to an aromatic ring is 1. The van der Waals surface area contributed by atoms with Gasteiger partial charge in [-0.3, -0.25) is 10.1 Å². The average Bonchev–Trinajstić information content (AvgIpc) is 2.86. The number of hydrogen-bond donors (Lipinski definition) is 4. The Morgan fingerprint density at radius 2 is 1.54 bits per heavy atom. The SMILES string of the molecule is Nc1ccccc1NC(=O)/C=C/C[C@H](OC(=O)Nc1ccccc1)c1ccc(O)c2ccccc12. The lowest BCUT2D eigenvalue weighted by atomic mass is 9.97. The fourth-order valence-electron chi connectivity index (χ4n) is 3.71. The van der Waals surface area contributed by atoms with Crippen molar-refractivity contribution in [2.45, 2.75) is 12.5 Å². The molecule has 0 saturated heterocycles. The van der Waals surface area contributed by atoms with E-state index in [-0.39, 0.29) is 18.1 Å². The molecule has 4 aromatic rings. The van der Waals surface area contributed by atoms with Crippen LogP contribution in [0.4, 0.5) is 21.9 Å². The van der Waals surface area contributed by atoms with Crippen LogP contribution in [0.2, 0.25) is 0 Å². The lowest BCUT2D eigenvalue weighted by Gasteiger charge is -2.19. The summed E-state index contributed by atoms with van der Waals surface area (Å²) in [5, 5.41) is 17.1. The molecule has 0 radical (unpaired) electrons. The van der Waals surface area contributed by atoms with Crippen LogP contribution in [0.25, 0.3) is 10.8 Å². The maximum absolute atomic E-state index is 12.7. The van der Waals surface area contributed by atoms with Gasteiger partial charge < -0.3 is 20.9 Å². The van der Waals surface area contributed by atoms with Crippen molar-refractivity contribution < 1.29 is 19.4 Å². The first kappa shape index (κ1) is 23.4. The van der Waals surface area contributed by atoms with Gasteiger partial charge in [-0.15, -0.1) is 0 Å². The first-order chi connectivity index (χ1) is 17.0. The highest BCUT2D eigenvalue weighted by atomic mass is 16.6. The van der Waals surface area contributed by atoms with Gasteiger partial charge in [0.25, 0.3) is 0 Å². The lowest BCUT2D eigenvalue weighted by Crippen LogP contribution is -2.17. The number of benzene rings is 4. The van der Waals surface area contributed by atoms with Gasteiger partial charge in [0, 0.05) is 23.1 Å². The molecule has 4 aromatic carbocycles. The number of fused-ring (bicyclic) bond motifs is 1. The minimum Gasteiger partial charge on any atom is -0.507 e. The smallest absolute Gasteiger partial charge is 0.412 e. The Bertz CT molecular complexity index is 1370. The highest BCUT2D eigenvalue weighted by Crippen LogP contribution is 2.34. The zero-order chi connectivity index (χ0) is 24.6. The number of hydrogen-bond acceptors (Lipinski definition) is 5. The van der Waals surface area contributed by atoms with Crippen molar-refractivity contribution in [2.75, 3.05) is 16.4 Å². The van der Waals surface area contributed by atoms with Crippen molar-refractivity contribution in [2.24, 2.45) is 0 Å². The molecule has 0 aliphatic rings. The van der Waals surface area contributed by atoms with Gasteiger partial charge in [-0.25, -0.2) is 4.79 Å². The molecule has 0 unspecified atom stereocenters. The Morgan fingerprint density at radius 3 is 2.31 bits per heavy atom. The van der Waals surface area contributed by atoms with E-state index < -0.39 is 12.2 Å². The maximum atomic E-state index is 12.7. The molecule has 1 atom stereocenters. The third kappa shape index (κ3) is 5.97. The van der Waals surface area contributed by atoms with Gasteiger partial charge in [-0.05, 0) is 41.8 Å². The topological polar surface area (TPSA) is 114 Å². The Balaban J connectivity index is 1.55. The summed E-state index contributed by atoms with van der Waals surface area (Å²) in [5.41, 5.74) is 8.16. The fraction of sp³-hybridized carbons (Fsp3) is 0.0714. The first-order valence-electron chi connectivity index (χ1n) is 11.1. The van der Waals surface area contributed by atoms with E-state index in [9.17, 15) is 14.7 Å². The summed E-state index contributed by atoms with van der Waals surface area (Å²) in [6, 6.07) is 26.5. The number of carbonyl (C=O) groups excluding carboxylic acids is 2. The second-order valence-electron chi connectivity index (χ2n) is 7.82. The van der Waals surface area contributed by atoms with E-state index in [4.69, 9.17) is 10.5 Å². The van der Waals surface area contributed by atoms with Crippen molar-refractivity contribution in [1.82, 2.24) is 0 Å². The lowest BCUT2D eigenvalue weighted by molar-refractivity contribution is -0.111. The third-order valence-corrected chi connectivity index (χ3v) is 5.39. The number of carbonyl (C=O) groups is 2. The Morgan fingerprint density at radius 1 is 0.857 bits per heavy atom. The van der Waals surface area contributed by atoms with Crippen LogP contribution in [0, 0.1) is 0 Å². The zero-order valence-electron chi connectivity index (χ0n) is 18.8. The van der Waals surface area contributed by atoms with Gasteiger partial charge in [0.2, 0.25) is 5.91 Å². The third-order valence-electron chi connectivity index (χ3n) is 5.39. The standard InChI is InChI=1S/C28H25N3O4/c29-23-13-6-7-14-24(23)31-27(33)16-8-15-26(35-28(34)30-19-9-2-1-3-10-19)22-17-18-25(32)21-12-5-4-11-20(21)22/h1-14,16-18,26,32H,15,29H2,(H,30,34)(H,31,33)/b16-8+/t26-/m0/s1. The van der Waals surface area contributed by atoms with Crippen molar-refractivity contribution in [3.05, 3.63) is 109 Å². The maximum Gasteiger partial charge on any atom is 0.412 e. The Kier molecular flexibility index (Phi) is 7.28. The highest BCUT2D eigenvalue weighted by molar-refractivity contribution is 6.01. The van der Waals surface area contributed by atoms with E-state index in [1.807, 2.05) is 24.3 Å². The van der Waals surface area contributed by atoms with Crippen LogP contribution in [-0.4, -0.2) is 17.1 Å². The summed E-state index contributed by atoms with van der Waals surface area (Å²) >= 11 is 0. The van der Waals surface area contributed by atoms with Gasteiger partial charge in [-0.1, -0.05) is 66.7 Å². The summed E-state index contributed by atoms with van der Waals surface area (Å²) in [6.07, 6.45) is 1.90. The molecule has 0 aliphatic carbocycles. The molecule has 0 aliphatic heterocycles. The molecule has 7 heteroatoms. The molecule has 0 heterocycles. The van der Waals surface area contributed by atoms with Gasteiger partial charge >= 0.3 is 6.09 Å². The van der Waals surface area contributed by atoms with Crippen LogP contribution < -0.4 is 16.4 Å². The molecule has 4 rings (SSSR count). The van der Waals surface area contributed by atoms with Crippen LogP contribution >= 0.6 is 0 Å². The zero-order valence-corrected chi connectivity index (χ0v) is 18.8. The Labute approximate surface area is 202 Å². The van der Waals surface area contributed by atoms with Crippen LogP contribution in [0.15, 0.2) is 103 Å². The van der Waals surface area contributed by atoms with Crippen LogP contribution in [0.3, 0.4) is 0 Å². The van der Waals surface area contributed by atoms with Crippen molar-refractivity contribution in [1.29, 1.82) is 0 Å². The molecule has 0 fully saturated rings. The van der Waals surface area contributed by atoms with E-state index in [0.717, 1.165) is 5.39 Å². The summed E-state index contributed by atoms with van der Waals surface area (Å²) in [6.45, 7) is 0. The van der Waals surface area contributed by atoms with Crippen molar-refractivity contribution in [3.8, 4) is 5.75 Å². The van der Waals surface area contributed by atoms with Gasteiger partial charge in [0.15, 0.2) is 0 Å². The minimum atomic E-state index is -0.713. The van der Waals surface area contributed by atoms with Crippen LogP contribution in [-0.2, 0) is 9.53 Å². The van der Waals surface area contributed by atoms with E-state index >= 15 is 0 Å². The largest absolute Gasteiger partial charge is 0.507 e. The van der Waals surface area contributed by atoms with Crippen molar-refractivity contribution >= 4 is 39.8 Å². The quantitative estimate of drug-likeness (QED) is 0.197. The predicted molar refractivity (Wildman–Crippen MR) is 138 cm³/mol. The predicted octanol–water partition coefficient (Wildman–Crippen LogP) is 6.00. The molecule has 5 N–H and O–H groups in total. The summed E-state index contributed by atoms with van der Waals surface area (Å²) in [4.78, 5) is 25.1. The summed E-state index contributed by atoms with van der Waals surface area (Å²) in [5.74, 6) is -0.224. The van der Waals surface area contributed by atoms with E-state index in [0.29, 0.717) is 28.0 Å². The molecule has 7 nitrogen and oxygen atoms in total. The number of ether oxygens (including phenoxy) is 1. The van der Waals surface area contributed by atoms with E-state index in [2.05, 4.69) is 10.6 Å². The second kappa shape index (κ2) is 10.9. The van der Waals surface area contributed by atoms with E-state index in [1.54, 1.807) is 72.8 Å². The number of phenols is 1. The summed E-state index contributed by atoms with van der Waals surface area (Å²) in [7, 11) is 0. The van der Waals surface area contributed by atoms with Gasteiger partial charge in [0.05, 0.1) is 11.4 Å². The number of anilines is 3. The van der Waals surface area contributed by atoms with Gasteiger partial charge in [0.1, 0.15) is 11.9 Å². The molecule has 0 aromatic heterocycles. The monoisotopic (exact) mass is 467 g/mol. The fourth-order valence-corrected chi connectivity index (χ4v) is 3.71. The normalized spacial score (nSPS) is 11.8. The molecule has 0 saturated carbocycles. The molecular formula is C28H25N3O4. The minimum absolute atomic E-state index is 0.132. The number of para-hydroxylation sites is 3. The second-order valence-corrected chi connectivity index (χ2v) is 7.82. The number of rotatable bonds is 7. The van der Waals surface area contributed by atoms with E-state index in [1.165, 1.54) is 6.08 Å².